The molecular weight excluding hydrogens is 693 g/mol. The lowest BCUT2D eigenvalue weighted by atomic mass is 10.0. The molecule has 0 saturated carbocycles. The molecule has 0 aliphatic carbocycles. The highest BCUT2D eigenvalue weighted by Crippen LogP contribution is 2.42. The first kappa shape index (κ1) is 32.8. The van der Waals surface area contributed by atoms with Gasteiger partial charge in [-0.15, -0.1) is 0 Å². The summed E-state index contributed by atoms with van der Waals surface area (Å²) in [5.74, 6) is 0. The van der Waals surface area contributed by atoms with E-state index in [-0.39, 0.29) is 0 Å². The van der Waals surface area contributed by atoms with Gasteiger partial charge in [0.25, 0.3) is 0 Å². The van der Waals surface area contributed by atoms with Crippen molar-refractivity contribution in [3.8, 4) is 39.1 Å². The van der Waals surface area contributed by atoms with Crippen molar-refractivity contribution >= 4 is 60.8 Å². The summed E-state index contributed by atoms with van der Waals surface area (Å²) >= 11 is 0. The number of para-hydroxylation sites is 4. The Morgan fingerprint density at radius 2 is 0.825 bits per heavy atom. The first-order chi connectivity index (χ1) is 28.3. The van der Waals surface area contributed by atoms with Crippen LogP contribution < -0.4 is 4.90 Å². The fraction of sp³-hybridized carbons (Fsp3) is 0. The van der Waals surface area contributed by atoms with E-state index >= 15 is 0 Å². The molecule has 0 aliphatic heterocycles. The summed E-state index contributed by atoms with van der Waals surface area (Å²) in [7, 11) is 0. The van der Waals surface area contributed by atoms with Gasteiger partial charge in [-0.25, -0.2) is 0 Å². The minimum atomic E-state index is 0.855. The van der Waals surface area contributed by atoms with Gasteiger partial charge in [-0.2, -0.15) is 0 Å². The minimum absolute atomic E-state index is 0.855. The predicted octanol–water partition coefficient (Wildman–Crippen LogP) is 15.2. The predicted molar refractivity (Wildman–Crippen MR) is 239 cm³/mol. The van der Waals surface area contributed by atoms with Gasteiger partial charge >= 0.3 is 0 Å². The number of hydrogen-bond donors (Lipinski definition) is 0. The smallest absolute Gasteiger partial charge is 0.143 e. The van der Waals surface area contributed by atoms with Crippen molar-refractivity contribution in [2.45, 2.75) is 0 Å². The van der Waals surface area contributed by atoms with Gasteiger partial charge in [0.1, 0.15) is 11.2 Å². The molecule has 9 aromatic carbocycles. The molecule has 0 amide bonds. The number of furan rings is 1. The van der Waals surface area contributed by atoms with Crippen LogP contribution in [0.15, 0.2) is 223 Å². The number of anilines is 3. The van der Waals surface area contributed by atoms with Gasteiger partial charge in [0.2, 0.25) is 0 Å². The van der Waals surface area contributed by atoms with Crippen LogP contribution in [0.25, 0.3) is 82.8 Å². The molecule has 0 N–H and O–H groups in total. The molecule has 2 aromatic heterocycles. The van der Waals surface area contributed by atoms with Crippen LogP contribution in [0.5, 0.6) is 0 Å². The Morgan fingerprint density at radius 3 is 1.51 bits per heavy atom. The first-order valence-electron chi connectivity index (χ1n) is 19.4. The highest BCUT2D eigenvalue weighted by Gasteiger charge is 2.19. The lowest BCUT2D eigenvalue weighted by Crippen LogP contribution is -2.09. The topological polar surface area (TPSA) is 21.3 Å². The summed E-state index contributed by atoms with van der Waals surface area (Å²) in [6.07, 6.45) is 0. The molecule has 0 bridgehead atoms. The molecule has 0 atom stereocenters. The lowest BCUT2D eigenvalue weighted by molar-refractivity contribution is 0.670. The second kappa shape index (κ2) is 13.6. The average molecular weight is 729 g/mol. The minimum Gasteiger partial charge on any atom is -0.455 e. The Morgan fingerprint density at radius 1 is 0.333 bits per heavy atom. The molecule has 3 heteroatoms. The zero-order valence-electron chi connectivity index (χ0n) is 31.1. The Labute approximate surface area is 330 Å². The van der Waals surface area contributed by atoms with E-state index in [1.54, 1.807) is 0 Å². The Balaban J connectivity index is 1.04. The molecule has 0 unspecified atom stereocenters. The molecule has 0 aliphatic rings. The Bertz CT molecular complexity index is 3160. The fourth-order valence-corrected chi connectivity index (χ4v) is 8.54. The van der Waals surface area contributed by atoms with Crippen LogP contribution in [-0.4, -0.2) is 4.57 Å². The van der Waals surface area contributed by atoms with Crippen LogP contribution in [0, 0.1) is 0 Å². The van der Waals surface area contributed by atoms with E-state index < -0.39 is 0 Å². The second-order valence-electron chi connectivity index (χ2n) is 14.5. The van der Waals surface area contributed by atoms with Crippen molar-refractivity contribution in [1.82, 2.24) is 4.57 Å². The molecule has 0 fully saturated rings. The van der Waals surface area contributed by atoms with Gasteiger partial charge < -0.3 is 13.9 Å². The quantitative estimate of drug-likeness (QED) is 0.163. The number of hydrogen-bond acceptors (Lipinski definition) is 2. The normalized spacial score (nSPS) is 11.5. The maximum atomic E-state index is 6.74. The second-order valence-corrected chi connectivity index (χ2v) is 14.5. The van der Waals surface area contributed by atoms with Crippen molar-refractivity contribution in [2.24, 2.45) is 0 Å². The Hall–Kier alpha value is -7.62. The van der Waals surface area contributed by atoms with Crippen LogP contribution in [0.3, 0.4) is 0 Å². The maximum Gasteiger partial charge on any atom is 0.143 e. The molecule has 268 valence electrons. The molecule has 0 spiro atoms. The van der Waals surface area contributed by atoms with Crippen LogP contribution >= 0.6 is 0 Å². The molecule has 2 heterocycles. The van der Waals surface area contributed by atoms with Crippen LogP contribution in [0.2, 0.25) is 0 Å². The van der Waals surface area contributed by atoms with Gasteiger partial charge in [-0.05, 0) is 76.9 Å². The van der Waals surface area contributed by atoms with Crippen molar-refractivity contribution in [2.75, 3.05) is 4.90 Å². The average Bonchev–Trinajstić information content (AvgIpc) is 3.83. The SMILES string of the molecule is c1ccc(-c2ccc(N(c3ccc(-c4ccccc4-n4c5ccccc5c5ccccc54)cc3)c3ccc4c(c3)oc3c(-c5ccccc5)cccc34)cc2)cc1. The third kappa shape index (κ3) is 5.60. The highest BCUT2D eigenvalue weighted by molar-refractivity contribution is 6.11. The molecule has 0 radical (unpaired) electrons. The summed E-state index contributed by atoms with van der Waals surface area (Å²) in [4.78, 5) is 2.32. The highest BCUT2D eigenvalue weighted by atomic mass is 16.3. The first-order valence-corrected chi connectivity index (χ1v) is 19.4. The lowest BCUT2D eigenvalue weighted by Gasteiger charge is -2.26. The van der Waals surface area contributed by atoms with Crippen molar-refractivity contribution in [1.29, 1.82) is 0 Å². The van der Waals surface area contributed by atoms with Crippen molar-refractivity contribution in [3.05, 3.63) is 218 Å². The fourth-order valence-electron chi connectivity index (χ4n) is 8.54. The standard InChI is InChI=1S/C54H36N2O/c1-3-14-37(15-4-1)38-26-30-41(31-27-38)55(43-34-35-48-49-22-13-21-45(39-16-5-2-6-17-39)54(49)57-53(48)36-43)42-32-28-40(29-33-42)44-18-7-10-23-50(44)56-51-24-11-8-19-46(51)47-20-9-12-25-52(47)56/h1-36H. The van der Waals surface area contributed by atoms with Gasteiger partial charge in [0.15, 0.2) is 0 Å². The molecular formula is C54H36N2O. The van der Waals surface area contributed by atoms with E-state index in [9.17, 15) is 0 Å². The van der Waals surface area contributed by atoms with E-state index in [1.807, 2.05) is 6.07 Å². The largest absolute Gasteiger partial charge is 0.455 e. The van der Waals surface area contributed by atoms with E-state index in [0.29, 0.717) is 0 Å². The van der Waals surface area contributed by atoms with Gasteiger partial charge in [-0.3, -0.25) is 0 Å². The van der Waals surface area contributed by atoms with Gasteiger partial charge in [-0.1, -0.05) is 158 Å². The maximum absolute atomic E-state index is 6.74. The van der Waals surface area contributed by atoms with Crippen LogP contribution in [0.4, 0.5) is 17.1 Å². The number of nitrogens with zero attached hydrogens (tertiary/aromatic N) is 2. The van der Waals surface area contributed by atoms with E-state index in [2.05, 4.69) is 222 Å². The van der Waals surface area contributed by atoms with Crippen molar-refractivity contribution < 1.29 is 4.42 Å². The van der Waals surface area contributed by atoms with Crippen molar-refractivity contribution in [3.63, 3.8) is 0 Å². The summed E-state index contributed by atoms with van der Waals surface area (Å²) in [5.41, 5.74) is 15.4. The number of fused-ring (bicyclic) bond motifs is 6. The molecule has 0 saturated heterocycles. The summed E-state index contributed by atoms with van der Waals surface area (Å²) in [5, 5.41) is 4.72. The zero-order valence-corrected chi connectivity index (χ0v) is 31.1. The van der Waals surface area contributed by atoms with Crippen LogP contribution in [-0.2, 0) is 0 Å². The molecule has 11 rings (SSSR count). The number of aromatic nitrogens is 1. The van der Waals surface area contributed by atoms with E-state index in [0.717, 1.165) is 61.4 Å². The molecule has 11 aromatic rings. The molecule has 3 nitrogen and oxygen atoms in total. The third-order valence-corrected chi connectivity index (χ3v) is 11.2. The summed E-state index contributed by atoms with van der Waals surface area (Å²) < 4.78 is 9.14. The number of benzene rings is 9. The molecule has 57 heavy (non-hydrogen) atoms. The monoisotopic (exact) mass is 728 g/mol. The number of rotatable bonds is 7. The van der Waals surface area contributed by atoms with Gasteiger partial charge in [0, 0.05) is 55.8 Å². The van der Waals surface area contributed by atoms with Gasteiger partial charge in [0.05, 0.1) is 16.7 Å². The zero-order chi connectivity index (χ0) is 37.7. The van der Waals surface area contributed by atoms with E-state index in [1.165, 1.54) is 38.5 Å². The van der Waals surface area contributed by atoms with Crippen LogP contribution in [0.1, 0.15) is 0 Å². The van der Waals surface area contributed by atoms with E-state index in [4.69, 9.17) is 4.42 Å². The Kier molecular flexibility index (Phi) is 7.82. The third-order valence-electron chi connectivity index (χ3n) is 11.2. The summed E-state index contributed by atoms with van der Waals surface area (Å²) in [6.45, 7) is 0. The summed E-state index contributed by atoms with van der Waals surface area (Å²) in [6, 6.07) is 77.9.